The molecule has 0 aromatic rings. The summed E-state index contributed by atoms with van der Waals surface area (Å²) in [6.07, 6.45) is 0.943. The minimum Gasteiger partial charge on any atom is -0.336 e. The average Bonchev–Trinajstić information content (AvgIpc) is 2.15. The molecule has 0 fully saturated rings. The van der Waals surface area contributed by atoms with E-state index < -0.39 is 0 Å². The molecule has 0 aliphatic heterocycles. The molecule has 0 aromatic carbocycles. The molecule has 0 aliphatic rings. The van der Waals surface area contributed by atoms with Gasteiger partial charge in [-0.25, -0.2) is 4.79 Å². The van der Waals surface area contributed by atoms with Crippen molar-refractivity contribution in [2.45, 2.75) is 40.2 Å². The molecule has 0 radical (unpaired) electrons. The maximum atomic E-state index is 11.6. The third-order valence-electron chi connectivity index (χ3n) is 2.34. The lowest BCUT2D eigenvalue weighted by molar-refractivity contribution is 0.202. The summed E-state index contributed by atoms with van der Waals surface area (Å²) >= 11 is 0. The Morgan fingerprint density at radius 2 is 1.87 bits per heavy atom. The number of nitrogens with zero attached hydrogens (tertiary/aromatic N) is 1. The Morgan fingerprint density at radius 1 is 1.33 bits per heavy atom. The van der Waals surface area contributed by atoms with Gasteiger partial charge in [0.25, 0.3) is 0 Å². The molecule has 0 saturated carbocycles. The van der Waals surface area contributed by atoms with Gasteiger partial charge in [0.2, 0.25) is 0 Å². The number of hydrogen-bond acceptors (Lipinski definition) is 2. The molecule has 0 rings (SSSR count). The Kier molecular flexibility index (Phi) is 7.13. The van der Waals surface area contributed by atoms with Crippen molar-refractivity contribution in [1.82, 2.24) is 10.2 Å². The van der Waals surface area contributed by atoms with Crippen LogP contribution in [-0.2, 0) is 0 Å². The van der Waals surface area contributed by atoms with Crippen LogP contribution in [0.25, 0.3) is 0 Å². The van der Waals surface area contributed by atoms with E-state index in [9.17, 15) is 4.79 Å². The Balaban J connectivity index is 3.79. The largest absolute Gasteiger partial charge is 0.336 e. The standard InChI is InChI=1S/C11H25N3O/c1-5-14(6-2)11(15)13-8-10(12)7-9(3)4/h9-10H,5-8,12H2,1-4H3,(H,13,15). The van der Waals surface area contributed by atoms with Gasteiger partial charge in [0.15, 0.2) is 0 Å². The minimum atomic E-state index is -0.0146. The van der Waals surface area contributed by atoms with Crippen molar-refractivity contribution < 1.29 is 4.79 Å². The van der Waals surface area contributed by atoms with Gasteiger partial charge in [0.1, 0.15) is 0 Å². The van der Waals surface area contributed by atoms with Gasteiger partial charge in [0, 0.05) is 25.7 Å². The number of urea groups is 1. The molecule has 1 atom stereocenters. The number of carbonyl (C=O) groups excluding carboxylic acids is 1. The zero-order chi connectivity index (χ0) is 11.8. The molecule has 0 aromatic heterocycles. The highest BCUT2D eigenvalue weighted by atomic mass is 16.2. The molecule has 15 heavy (non-hydrogen) atoms. The highest BCUT2D eigenvalue weighted by molar-refractivity contribution is 5.74. The quantitative estimate of drug-likeness (QED) is 0.704. The molecule has 2 amide bonds. The van der Waals surface area contributed by atoms with Crippen LogP contribution >= 0.6 is 0 Å². The maximum absolute atomic E-state index is 11.6. The highest BCUT2D eigenvalue weighted by Gasteiger charge is 2.11. The van der Waals surface area contributed by atoms with E-state index in [2.05, 4.69) is 19.2 Å². The number of nitrogens with two attached hydrogens (primary N) is 1. The summed E-state index contributed by atoms with van der Waals surface area (Å²) in [4.78, 5) is 13.3. The van der Waals surface area contributed by atoms with Gasteiger partial charge in [-0.05, 0) is 26.2 Å². The predicted molar refractivity (Wildman–Crippen MR) is 63.8 cm³/mol. The van der Waals surface area contributed by atoms with Crippen molar-refractivity contribution in [3.8, 4) is 0 Å². The van der Waals surface area contributed by atoms with Gasteiger partial charge in [0.05, 0.1) is 0 Å². The van der Waals surface area contributed by atoms with Gasteiger partial charge >= 0.3 is 6.03 Å². The molecular formula is C11H25N3O. The Morgan fingerprint density at radius 3 is 2.27 bits per heavy atom. The van der Waals surface area contributed by atoms with E-state index in [4.69, 9.17) is 5.73 Å². The van der Waals surface area contributed by atoms with Gasteiger partial charge in [-0.1, -0.05) is 13.8 Å². The molecule has 0 spiro atoms. The molecule has 0 aliphatic carbocycles. The summed E-state index contributed by atoms with van der Waals surface area (Å²) in [6.45, 7) is 10.2. The Hall–Kier alpha value is -0.770. The van der Waals surface area contributed by atoms with E-state index >= 15 is 0 Å². The third kappa shape index (κ3) is 6.33. The van der Waals surface area contributed by atoms with E-state index in [1.807, 2.05) is 13.8 Å². The topological polar surface area (TPSA) is 58.4 Å². The third-order valence-corrected chi connectivity index (χ3v) is 2.34. The first-order valence-corrected chi connectivity index (χ1v) is 5.79. The molecule has 3 N–H and O–H groups in total. The molecule has 90 valence electrons. The van der Waals surface area contributed by atoms with Crippen LogP contribution in [0.4, 0.5) is 4.79 Å². The van der Waals surface area contributed by atoms with E-state index in [-0.39, 0.29) is 12.1 Å². The lowest BCUT2D eigenvalue weighted by Crippen LogP contribution is -2.45. The molecule has 0 heterocycles. The van der Waals surface area contributed by atoms with Crippen LogP contribution in [0.5, 0.6) is 0 Å². The maximum Gasteiger partial charge on any atom is 0.317 e. The first-order chi connectivity index (χ1) is 7.01. The van der Waals surface area contributed by atoms with Crippen molar-refractivity contribution in [2.24, 2.45) is 11.7 Å². The van der Waals surface area contributed by atoms with Crippen molar-refractivity contribution in [3.63, 3.8) is 0 Å². The van der Waals surface area contributed by atoms with E-state index in [0.717, 1.165) is 19.5 Å². The van der Waals surface area contributed by atoms with Crippen molar-refractivity contribution >= 4 is 6.03 Å². The van der Waals surface area contributed by atoms with Gasteiger partial charge in [-0.15, -0.1) is 0 Å². The zero-order valence-corrected chi connectivity index (χ0v) is 10.4. The Bertz CT molecular complexity index is 179. The van der Waals surface area contributed by atoms with Crippen LogP contribution < -0.4 is 11.1 Å². The van der Waals surface area contributed by atoms with Crippen LogP contribution in [0.1, 0.15) is 34.1 Å². The first-order valence-electron chi connectivity index (χ1n) is 5.79. The minimum absolute atomic E-state index is 0.0146. The van der Waals surface area contributed by atoms with E-state index in [0.29, 0.717) is 12.5 Å². The summed E-state index contributed by atoms with van der Waals surface area (Å²) in [5.41, 5.74) is 5.87. The second kappa shape index (κ2) is 7.51. The summed E-state index contributed by atoms with van der Waals surface area (Å²) in [5.74, 6) is 0.574. The predicted octanol–water partition coefficient (Wildman–Crippen LogP) is 1.41. The molecular weight excluding hydrogens is 190 g/mol. The van der Waals surface area contributed by atoms with Gasteiger partial charge < -0.3 is 16.0 Å². The highest BCUT2D eigenvalue weighted by Crippen LogP contribution is 2.01. The lowest BCUT2D eigenvalue weighted by atomic mass is 10.0. The first kappa shape index (κ1) is 14.2. The fraction of sp³-hybridized carbons (Fsp3) is 0.909. The SMILES string of the molecule is CCN(CC)C(=O)NCC(N)CC(C)C. The van der Waals surface area contributed by atoms with Crippen LogP contribution in [0.3, 0.4) is 0 Å². The van der Waals surface area contributed by atoms with Crippen molar-refractivity contribution in [1.29, 1.82) is 0 Å². The monoisotopic (exact) mass is 215 g/mol. The van der Waals surface area contributed by atoms with Gasteiger partial charge in [-0.2, -0.15) is 0 Å². The normalized spacial score (nSPS) is 12.7. The van der Waals surface area contributed by atoms with E-state index in [1.165, 1.54) is 0 Å². The zero-order valence-electron chi connectivity index (χ0n) is 10.4. The average molecular weight is 215 g/mol. The molecule has 1 unspecified atom stereocenters. The number of hydrogen-bond donors (Lipinski definition) is 2. The summed E-state index contributed by atoms with van der Waals surface area (Å²) in [6, 6.07) is 0.0451. The van der Waals surface area contributed by atoms with E-state index in [1.54, 1.807) is 4.90 Å². The van der Waals surface area contributed by atoms with Crippen LogP contribution in [0.2, 0.25) is 0 Å². The summed E-state index contributed by atoms with van der Waals surface area (Å²) < 4.78 is 0. The fourth-order valence-electron chi connectivity index (χ4n) is 1.53. The van der Waals surface area contributed by atoms with Crippen LogP contribution in [0.15, 0.2) is 0 Å². The second-order valence-corrected chi connectivity index (χ2v) is 4.25. The van der Waals surface area contributed by atoms with Crippen molar-refractivity contribution in [2.75, 3.05) is 19.6 Å². The number of nitrogens with one attached hydrogen (secondary N) is 1. The fourth-order valence-corrected chi connectivity index (χ4v) is 1.53. The second-order valence-electron chi connectivity index (χ2n) is 4.25. The van der Waals surface area contributed by atoms with Crippen molar-refractivity contribution in [3.05, 3.63) is 0 Å². The number of carbonyl (C=O) groups is 1. The summed E-state index contributed by atoms with van der Waals surface area (Å²) in [5, 5.41) is 2.85. The van der Waals surface area contributed by atoms with Crippen LogP contribution in [-0.4, -0.2) is 36.6 Å². The van der Waals surface area contributed by atoms with Crippen LogP contribution in [0, 0.1) is 5.92 Å². The molecule has 0 saturated heterocycles. The number of amides is 2. The lowest BCUT2D eigenvalue weighted by Gasteiger charge is -2.21. The Labute approximate surface area is 93.2 Å². The number of rotatable bonds is 6. The van der Waals surface area contributed by atoms with Gasteiger partial charge in [-0.3, -0.25) is 0 Å². The molecule has 4 heteroatoms. The molecule has 0 bridgehead atoms. The molecule has 4 nitrogen and oxygen atoms in total. The summed E-state index contributed by atoms with van der Waals surface area (Å²) in [7, 11) is 0. The smallest absolute Gasteiger partial charge is 0.317 e.